The molecule has 8 nitrogen and oxygen atoms in total. The summed E-state index contributed by atoms with van der Waals surface area (Å²) < 4.78 is 17.5. The van der Waals surface area contributed by atoms with E-state index in [0.29, 0.717) is 17.0 Å². The molecule has 1 aliphatic heterocycles. The van der Waals surface area contributed by atoms with Gasteiger partial charge in [-0.15, -0.1) is 0 Å². The summed E-state index contributed by atoms with van der Waals surface area (Å²) >= 11 is 6.27. The van der Waals surface area contributed by atoms with Gasteiger partial charge in [0.25, 0.3) is 5.56 Å². The first-order valence-electron chi connectivity index (χ1n) is 11.7. The van der Waals surface area contributed by atoms with Crippen molar-refractivity contribution in [2.45, 2.75) is 24.8 Å². The first-order chi connectivity index (χ1) is 17.4. The van der Waals surface area contributed by atoms with E-state index in [9.17, 15) is 9.18 Å². The van der Waals surface area contributed by atoms with Crippen LogP contribution in [-0.4, -0.2) is 42.4 Å². The number of anilines is 2. The van der Waals surface area contributed by atoms with Crippen molar-refractivity contribution >= 4 is 40.0 Å². The van der Waals surface area contributed by atoms with Crippen LogP contribution >= 0.6 is 11.6 Å². The molecule has 0 saturated heterocycles. The topological polar surface area (TPSA) is 80.4 Å². The molecule has 4 heterocycles. The molecule has 7 rings (SSSR count). The number of imidazole rings is 1. The second-order valence-electron chi connectivity index (χ2n) is 9.69. The molecule has 5 aromatic rings. The van der Waals surface area contributed by atoms with Crippen LogP contribution in [0.5, 0.6) is 0 Å². The Morgan fingerprint density at radius 3 is 2.83 bits per heavy atom. The molecule has 1 spiro atoms. The van der Waals surface area contributed by atoms with E-state index in [1.54, 1.807) is 10.6 Å². The quantitative estimate of drug-likeness (QED) is 0.393. The molecule has 180 valence electrons. The van der Waals surface area contributed by atoms with Crippen LogP contribution in [-0.2, 0) is 12.0 Å². The van der Waals surface area contributed by atoms with E-state index in [1.807, 2.05) is 0 Å². The molecule has 1 N–H and O–H groups in total. The molecule has 36 heavy (non-hydrogen) atoms. The first-order valence-corrected chi connectivity index (χ1v) is 12.1. The molecule has 0 radical (unpaired) electrons. The predicted molar refractivity (Wildman–Crippen MR) is 136 cm³/mol. The Morgan fingerprint density at radius 1 is 1.17 bits per heavy atom. The van der Waals surface area contributed by atoms with Gasteiger partial charge in [0.15, 0.2) is 5.65 Å². The summed E-state index contributed by atoms with van der Waals surface area (Å²) in [5.41, 5.74) is 3.75. The summed E-state index contributed by atoms with van der Waals surface area (Å²) in [4.78, 5) is 29.1. The van der Waals surface area contributed by atoms with Gasteiger partial charge in [-0.2, -0.15) is 4.98 Å². The highest BCUT2D eigenvalue weighted by Crippen LogP contribution is 2.52. The summed E-state index contributed by atoms with van der Waals surface area (Å²) in [5, 5.41) is 3.60. The molecule has 3 aromatic heterocycles. The molecule has 1 saturated carbocycles. The smallest absolute Gasteiger partial charge is 0.270 e. The maximum Gasteiger partial charge on any atom is 0.270 e. The van der Waals surface area contributed by atoms with Gasteiger partial charge in [-0.1, -0.05) is 23.7 Å². The van der Waals surface area contributed by atoms with Gasteiger partial charge in [-0.3, -0.25) is 9.20 Å². The van der Waals surface area contributed by atoms with Gasteiger partial charge in [0.2, 0.25) is 11.7 Å². The second-order valence-corrected chi connectivity index (χ2v) is 10.1. The van der Waals surface area contributed by atoms with Crippen LogP contribution in [0.3, 0.4) is 0 Å². The highest BCUT2D eigenvalue weighted by atomic mass is 35.5. The molecular formula is C26H21ClFN7O. The van der Waals surface area contributed by atoms with Crippen molar-refractivity contribution in [2.75, 3.05) is 18.9 Å². The Balaban J connectivity index is 1.33. The number of halogens is 2. The lowest BCUT2D eigenvalue weighted by atomic mass is 9.87. The number of para-hydroxylation sites is 1. The minimum atomic E-state index is -0.626. The lowest BCUT2D eigenvalue weighted by Crippen LogP contribution is -2.35. The van der Waals surface area contributed by atoms with Crippen LogP contribution in [0.1, 0.15) is 24.0 Å². The number of fused-ring (bicyclic) bond motifs is 5. The number of likely N-dealkylation sites (N-methyl/N-ethyl adjacent to an activating group) is 1. The van der Waals surface area contributed by atoms with E-state index in [0.717, 1.165) is 23.3 Å². The fraction of sp³-hybridized carbons (Fsp3) is 0.231. The zero-order valence-corrected chi connectivity index (χ0v) is 20.1. The SMILES string of the molecule is CN1Cc2cc(Nc3ncc4c(=O)n(-c5c(F)cccc5Cl)c5nccn5c4n3)ccc2C2(CC2)C1. The molecule has 0 bridgehead atoms. The monoisotopic (exact) mass is 501 g/mol. The van der Waals surface area contributed by atoms with Gasteiger partial charge >= 0.3 is 0 Å². The Labute approximate surface area is 210 Å². The lowest BCUT2D eigenvalue weighted by molar-refractivity contribution is 0.271. The van der Waals surface area contributed by atoms with E-state index >= 15 is 0 Å². The number of benzene rings is 2. The zero-order valence-electron chi connectivity index (χ0n) is 19.4. The Morgan fingerprint density at radius 2 is 2.03 bits per heavy atom. The van der Waals surface area contributed by atoms with Gasteiger partial charge in [0.1, 0.15) is 16.9 Å². The van der Waals surface area contributed by atoms with Gasteiger partial charge in [0, 0.05) is 42.8 Å². The summed E-state index contributed by atoms with van der Waals surface area (Å²) in [5.74, 6) is -0.0707. The molecule has 2 aromatic carbocycles. The third kappa shape index (κ3) is 3.16. The number of hydrogen-bond acceptors (Lipinski definition) is 6. The maximum absolute atomic E-state index is 14.7. The first kappa shape index (κ1) is 21.5. The standard InChI is InChI=1S/C26H21ClFN7O/c1-33-13-15-11-16(5-6-18(15)26(14-33)7-8-26)31-24-30-12-17-22(32-24)34-10-9-29-25(34)35(23(17)36)21-19(27)3-2-4-20(21)28/h2-6,9-12H,7-8,13-14H2,1H3,(H,30,31,32). The second kappa shape index (κ2) is 7.59. The predicted octanol–water partition coefficient (Wildman–Crippen LogP) is 4.44. The summed E-state index contributed by atoms with van der Waals surface area (Å²) in [6.45, 7) is 2.01. The highest BCUT2D eigenvalue weighted by Gasteiger charge is 2.48. The molecule has 0 unspecified atom stereocenters. The van der Waals surface area contributed by atoms with E-state index in [1.165, 1.54) is 54.6 Å². The van der Waals surface area contributed by atoms with Crippen molar-refractivity contribution in [3.63, 3.8) is 0 Å². The van der Waals surface area contributed by atoms with Gasteiger partial charge in [0.05, 0.1) is 5.02 Å². The maximum atomic E-state index is 14.7. The minimum absolute atomic E-state index is 0.0584. The van der Waals surface area contributed by atoms with Crippen LogP contribution in [0.15, 0.2) is 59.8 Å². The Kier molecular flexibility index (Phi) is 4.52. The molecule has 0 amide bonds. The average molecular weight is 502 g/mol. The van der Waals surface area contributed by atoms with Gasteiger partial charge in [-0.25, -0.2) is 18.9 Å². The van der Waals surface area contributed by atoms with Crippen LogP contribution in [0.25, 0.3) is 22.5 Å². The van der Waals surface area contributed by atoms with Crippen LogP contribution in [0.2, 0.25) is 5.02 Å². The van der Waals surface area contributed by atoms with Crippen molar-refractivity contribution in [3.8, 4) is 5.69 Å². The fourth-order valence-electron chi connectivity index (χ4n) is 5.48. The van der Waals surface area contributed by atoms with Crippen LogP contribution < -0.4 is 10.9 Å². The molecular weight excluding hydrogens is 481 g/mol. The summed E-state index contributed by atoms with van der Waals surface area (Å²) in [6.07, 6.45) is 7.12. The largest absolute Gasteiger partial charge is 0.324 e. The number of rotatable bonds is 3. The average Bonchev–Trinajstić information content (AvgIpc) is 3.42. The third-order valence-electron chi connectivity index (χ3n) is 7.21. The van der Waals surface area contributed by atoms with Crippen molar-refractivity contribution < 1.29 is 4.39 Å². The van der Waals surface area contributed by atoms with Crippen molar-refractivity contribution in [2.24, 2.45) is 0 Å². The van der Waals surface area contributed by atoms with Crippen molar-refractivity contribution in [1.82, 2.24) is 28.8 Å². The molecule has 1 fully saturated rings. The lowest BCUT2D eigenvalue weighted by Gasteiger charge is -2.32. The van der Waals surface area contributed by atoms with E-state index < -0.39 is 11.4 Å². The molecule has 2 aliphatic rings. The molecule has 1 aliphatic carbocycles. The fourth-order valence-corrected chi connectivity index (χ4v) is 5.73. The minimum Gasteiger partial charge on any atom is -0.324 e. The van der Waals surface area contributed by atoms with E-state index in [-0.39, 0.29) is 21.9 Å². The Hall–Kier alpha value is -3.82. The van der Waals surface area contributed by atoms with Crippen LogP contribution in [0, 0.1) is 5.82 Å². The Bertz CT molecular complexity index is 1740. The third-order valence-corrected chi connectivity index (χ3v) is 7.52. The normalized spacial score (nSPS) is 16.5. The van der Waals surface area contributed by atoms with Crippen molar-refractivity contribution in [3.05, 3.63) is 87.3 Å². The molecule has 0 atom stereocenters. The van der Waals surface area contributed by atoms with E-state index in [4.69, 9.17) is 11.6 Å². The van der Waals surface area contributed by atoms with Gasteiger partial charge in [-0.05, 0) is 55.3 Å². The zero-order chi connectivity index (χ0) is 24.6. The summed E-state index contributed by atoms with van der Waals surface area (Å²) in [7, 11) is 2.16. The number of nitrogens with one attached hydrogen (secondary N) is 1. The van der Waals surface area contributed by atoms with E-state index in [2.05, 4.69) is 50.4 Å². The summed E-state index contributed by atoms with van der Waals surface area (Å²) in [6, 6.07) is 10.7. The van der Waals surface area contributed by atoms with Crippen molar-refractivity contribution in [1.29, 1.82) is 0 Å². The van der Waals surface area contributed by atoms with Crippen LogP contribution in [0.4, 0.5) is 16.0 Å². The highest BCUT2D eigenvalue weighted by molar-refractivity contribution is 6.32. The van der Waals surface area contributed by atoms with Gasteiger partial charge < -0.3 is 10.2 Å². The molecule has 10 heteroatoms. The number of hydrogen-bond donors (Lipinski definition) is 1. The number of aromatic nitrogens is 5. The number of nitrogens with zero attached hydrogens (tertiary/aromatic N) is 6.